The largest absolute Gasteiger partial charge is 0.479 e. The Kier molecular flexibility index (Phi) is 4.52. The van der Waals surface area contributed by atoms with Crippen LogP contribution in [-0.4, -0.2) is 30.2 Å². The number of carbonyl (C=O) groups excluding carboxylic acids is 1. The molecule has 1 heterocycles. The summed E-state index contributed by atoms with van der Waals surface area (Å²) in [6.07, 6.45) is 1.58. The van der Waals surface area contributed by atoms with Gasteiger partial charge < -0.3 is 15.2 Å². The average molecular weight is 263 g/mol. The van der Waals surface area contributed by atoms with Crippen LogP contribution in [0, 0.1) is 5.92 Å². The maximum atomic E-state index is 12.0. The van der Waals surface area contributed by atoms with E-state index in [-0.39, 0.29) is 11.8 Å². The van der Waals surface area contributed by atoms with Gasteiger partial charge in [-0.25, -0.2) is 4.79 Å². The van der Waals surface area contributed by atoms with Gasteiger partial charge in [-0.05, 0) is 18.4 Å². The second-order valence-electron chi connectivity index (χ2n) is 4.60. The molecule has 2 N–H and O–H groups in total. The standard InChI is InChI=1S/C14H17NO4/c16-13(11-7-4-8-19-9-11)15-12(14(17)18)10-5-2-1-3-6-10/h1-3,5-6,11-12H,4,7-9H2,(H,15,16)(H,17,18)/t11-,12+/m1/s1. The summed E-state index contributed by atoms with van der Waals surface area (Å²) >= 11 is 0. The first-order chi connectivity index (χ1) is 9.18. The SMILES string of the molecule is O=C(N[C@H](C(=O)O)c1ccccc1)[C@@H]1CCCOC1. The predicted molar refractivity (Wildman–Crippen MR) is 68.5 cm³/mol. The molecule has 0 aliphatic carbocycles. The first-order valence-electron chi connectivity index (χ1n) is 6.34. The van der Waals surface area contributed by atoms with Crippen molar-refractivity contribution < 1.29 is 19.4 Å². The van der Waals surface area contributed by atoms with Crippen molar-refractivity contribution in [1.82, 2.24) is 5.32 Å². The summed E-state index contributed by atoms with van der Waals surface area (Å²) in [4.78, 5) is 23.3. The fourth-order valence-corrected chi connectivity index (χ4v) is 2.14. The van der Waals surface area contributed by atoms with Crippen molar-refractivity contribution in [2.75, 3.05) is 13.2 Å². The Hall–Kier alpha value is -1.88. The number of carboxylic acids is 1. The number of ether oxygens (including phenoxy) is 1. The molecule has 0 bridgehead atoms. The quantitative estimate of drug-likeness (QED) is 0.860. The second-order valence-corrected chi connectivity index (χ2v) is 4.60. The van der Waals surface area contributed by atoms with Crippen LogP contribution in [0.25, 0.3) is 0 Å². The molecule has 0 spiro atoms. The van der Waals surface area contributed by atoms with E-state index in [2.05, 4.69) is 5.32 Å². The van der Waals surface area contributed by atoms with Gasteiger partial charge in [-0.3, -0.25) is 4.79 Å². The third-order valence-corrected chi connectivity index (χ3v) is 3.20. The topological polar surface area (TPSA) is 75.6 Å². The van der Waals surface area contributed by atoms with E-state index >= 15 is 0 Å². The maximum absolute atomic E-state index is 12.0. The summed E-state index contributed by atoms with van der Waals surface area (Å²) in [7, 11) is 0. The number of carbonyl (C=O) groups is 2. The number of nitrogens with one attached hydrogen (secondary N) is 1. The van der Waals surface area contributed by atoms with E-state index in [1.807, 2.05) is 0 Å². The van der Waals surface area contributed by atoms with E-state index in [9.17, 15) is 14.7 Å². The lowest BCUT2D eigenvalue weighted by atomic mass is 10.00. The van der Waals surface area contributed by atoms with Crippen LogP contribution in [0.5, 0.6) is 0 Å². The van der Waals surface area contributed by atoms with E-state index in [0.717, 1.165) is 12.8 Å². The lowest BCUT2D eigenvalue weighted by molar-refractivity contribution is -0.143. The normalized spacial score (nSPS) is 20.5. The molecule has 1 aliphatic rings. The number of hydrogen-bond acceptors (Lipinski definition) is 3. The van der Waals surface area contributed by atoms with Crippen LogP contribution in [0.2, 0.25) is 0 Å². The second kappa shape index (κ2) is 6.33. The van der Waals surface area contributed by atoms with Crippen LogP contribution in [0.1, 0.15) is 24.4 Å². The Morgan fingerprint density at radius 2 is 2.05 bits per heavy atom. The fraction of sp³-hybridized carbons (Fsp3) is 0.429. The van der Waals surface area contributed by atoms with Crippen molar-refractivity contribution in [2.24, 2.45) is 5.92 Å². The zero-order valence-electron chi connectivity index (χ0n) is 10.5. The van der Waals surface area contributed by atoms with Gasteiger partial charge in [0.15, 0.2) is 6.04 Å². The molecule has 1 fully saturated rings. The molecule has 1 aromatic carbocycles. The molecule has 102 valence electrons. The van der Waals surface area contributed by atoms with Crippen molar-refractivity contribution in [3.63, 3.8) is 0 Å². The minimum atomic E-state index is -1.06. The van der Waals surface area contributed by atoms with Crippen LogP contribution in [-0.2, 0) is 14.3 Å². The Morgan fingerprint density at radius 3 is 2.63 bits per heavy atom. The number of rotatable bonds is 4. The third kappa shape index (κ3) is 3.54. The van der Waals surface area contributed by atoms with Gasteiger partial charge in [-0.15, -0.1) is 0 Å². The summed E-state index contributed by atoms with van der Waals surface area (Å²) in [5.41, 5.74) is 0.570. The van der Waals surface area contributed by atoms with E-state index in [1.54, 1.807) is 30.3 Å². The van der Waals surface area contributed by atoms with Gasteiger partial charge in [0.1, 0.15) is 0 Å². The van der Waals surface area contributed by atoms with Gasteiger partial charge in [0, 0.05) is 6.61 Å². The van der Waals surface area contributed by atoms with Gasteiger partial charge in [0.2, 0.25) is 5.91 Å². The molecule has 0 unspecified atom stereocenters. The molecule has 0 saturated carbocycles. The highest BCUT2D eigenvalue weighted by Gasteiger charge is 2.27. The molecule has 19 heavy (non-hydrogen) atoms. The van der Waals surface area contributed by atoms with Gasteiger partial charge in [0.05, 0.1) is 12.5 Å². The molecule has 1 saturated heterocycles. The van der Waals surface area contributed by atoms with Crippen LogP contribution in [0.4, 0.5) is 0 Å². The molecule has 1 amide bonds. The number of benzene rings is 1. The van der Waals surface area contributed by atoms with Crippen molar-refractivity contribution in [3.8, 4) is 0 Å². The molecule has 5 nitrogen and oxygen atoms in total. The zero-order valence-corrected chi connectivity index (χ0v) is 10.5. The molecule has 0 radical (unpaired) electrons. The number of carboxylic acid groups (broad SMARTS) is 1. The Balaban J connectivity index is 2.04. The van der Waals surface area contributed by atoms with Crippen molar-refractivity contribution >= 4 is 11.9 Å². The lowest BCUT2D eigenvalue weighted by Gasteiger charge is -2.23. The molecule has 1 aromatic rings. The van der Waals surface area contributed by atoms with Crippen molar-refractivity contribution in [1.29, 1.82) is 0 Å². The summed E-state index contributed by atoms with van der Waals surface area (Å²) in [5, 5.41) is 11.8. The predicted octanol–water partition coefficient (Wildman–Crippen LogP) is 1.36. The maximum Gasteiger partial charge on any atom is 0.330 e. The summed E-state index contributed by atoms with van der Waals surface area (Å²) in [6.45, 7) is 1.04. The highest BCUT2D eigenvalue weighted by atomic mass is 16.5. The highest BCUT2D eigenvalue weighted by Crippen LogP contribution is 2.17. The molecular weight excluding hydrogens is 246 g/mol. The fourth-order valence-electron chi connectivity index (χ4n) is 2.14. The van der Waals surface area contributed by atoms with Crippen molar-refractivity contribution in [3.05, 3.63) is 35.9 Å². The molecule has 1 aliphatic heterocycles. The van der Waals surface area contributed by atoms with Gasteiger partial charge in [-0.2, -0.15) is 0 Å². The van der Waals surface area contributed by atoms with Gasteiger partial charge in [-0.1, -0.05) is 30.3 Å². The minimum absolute atomic E-state index is 0.251. The van der Waals surface area contributed by atoms with E-state index < -0.39 is 12.0 Å². The van der Waals surface area contributed by atoms with E-state index in [0.29, 0.717) is 18.8 Å². The van der Waals surface area contributed by atoms with Gasteiger partial charge >= 0.3 is 5.97 Å². The summed E-state index contributed by atoms with van der Waals surface area (Å²) in [5.74, 6) is -1.56. The van der Waals surface area contributed by atoms with Crippen LogP contribution >= 0.6 is 0 Å². The Morgan fingerprint density at radius 1 is 1.32 bits per heavy atom. The first-order valence-corrected chi connectivity index (χ1v) is 6.34. The zero-order chi connectivity index (χ0) is 13.7. The smallest absolute Gasteiger partial charge is 0.330 e. The number of amides is 1. The first kappa shape index (κ1) is 13.5. The highest BCUT2D eigenvalue weighted by molar-refractivity contribution is 5.85. The number of hydrogen-bond donors (Lipinski definition) is 2. The molecule has 2 rings (SSSR count). The molecule has 5 heteroatoms. The Labute approximate surface area is 111 Å². The lowest BCUT2D eigenvalue weighted by Crippen LogP contribution is -2.40. The Bertz CT molecular complexity index is 440. The average Bonchev–Trinajstić information content (AvgIpc) is 2.46. The molecule has 2 atom stereocenters. The van der Waals surface area contributed by atoms with Crippen LogP contribution in [0.3, 0.4) is 0 Å². The van der Waals surface area contributed by atoms with E-state index in [4.69, 9.17) is 4.74 Å². The monoisotopic (exact) mass is 263 g/mol. The van der Waals surface area contributed by atoms with Crippen LogP contribution in [0.15, 0.2) is 30.3 Å². The third-order valence-electron chi connectivity index (χ3n) is 3.20. The molecular formula is C14H17NO4. The molecule has 0 aromatic heterocycles. The van der Waals surface area contributed by atoms with Crippen molar-refractivity contribution in [2.45, 2.75) is 18.9 Å². The summed E-state index contributed by atoms with van der Waals surface area (Å²) < 4.78 is 5.24. The van der Waals surface area contributed by atoms with Gasteiger partial charge in [0.25, 0.3) is 0 Å². The van der Waals surface area contributed by atoms with Crippen LogP contribution < -0.4 is 5.32 Å². The minimum Gasteiger partial charge on any atom is -0.479 e. The summed E-state index contributed by atoms with van der Waals surface area (Å²) in [6, 6.07) is 7.68. The van der Waals surface area contributed by atoms with E-state index in [1.165, 1.54) is 0 Å². The number of aliphatic carboxylic acids is 1.